The number of aromatic nitrogens is 2. The van der Waals surface area contributed by atoms with Crippen LogP contribution in [-0.2, 0) is 12.8 Å². The Hall–Kier alpha value is -2.74. The van der Waals surface area contributed by atoms with Crippen LogP contribution in [0.15, 0.2) is 52.1 Å². The minimum atomic E-state index is -2.88. The number of aryl methyl sites for hydroxylation is 2. The summed E-state index contributed by atoms with van der Waals surface area (Å²) in [4.78, 5) is 12.8. The molecule has 0 amide bonds. The third-order valence-corrected chi connectivity index (χ3v) is 5.70. The van der Waals surface area contributed by atoms with Gasteiger partial charge in [0.05, 0.1) is 5.25 Å². The molecule has 1 aliphatic rings. The van der Waals surface area contributed by atoms with Gasteiger partial charge in [-0.25, -0.2) is 0 Å². The van der Waals surface area contributed by atoms with Crippen LogP contribution in [0.3, 0.4) is 0 Å². The number of Topliss-reactive ketones (excluding diaryl/α,β-unsaturated/α-hetero) is 1. The molecule has 1 atom stereocenters. The number of carbonyl (C=O) groups excluding carboxylic acids is 1. The lowest BCUT2D eigenvalue weighted by molar-refractivity contribution is -0.0498. The largest absolute Gasteiger partial charge is 0.435 e. The van der Waals surface area contributed by atoms with Gasteiger partial charge in [-0.1, -0.05) is 23.9 Å². The summed E-state index contributed by atoms with van der Waals surface area (Å²) in [7, 11) is 0. The average molecular weight is 416 g/mol. The van der Waals surface area contributed by atoms with Crippen molar-refractivity contribution in [3.63, 3.8) is 0 Å². The fraction of sp³-hybridized carbons (Fsp3) is 0.286. The highest BCUT2D eigenvalue weighted by molar-refractivity contribution is 8.00. The Labute approximate surface area is 170 Å². The maximum Gasteiger partial charge on any atom is 0.387 e. The molecule has 0 saturated heterocycles. The number of hydrogen-bond donors (Lipinski definition) is 0. The lowest BCUT2D eigenvalue weighted by Crippen LogP contribution is -2.13. The van der Waals surface area contributed by atoms with Gasteiger partial charge < -0.3 is 9.15 Å². The van der Waals surface area contributed by atoms with Crippen LogP contribution in [-0.4, -0.2) is 27.8 Å². The van der Waals surface area contributed by atoms with Crippen LogP contribution in [0, 0.1) is 0 Å². The third kappa shape index (κ3) is 4.48. The number of nitrogens with zero attached hydrogens (tertiary/aromatic N) is 2. The maximum absolute atomic E-state index is 12.8. The quantitative estimate of drug-likeness (QED) is 0.390. The number of rotatable bonds is 7. The van der Waals surface area contributed by atoms with Gasteiger partial charge in [0.1, 0.15) is 5.75 Å². The predicted molar refractivity (Wildman–Crippen MR) is 104 cm³/mol. The molecule has 0 fully saturated rings. The fourth-order valence-electron chi connectivity index (χ4n) is 3.32. The second kappa shape index (κ2) is 8.32. The van der Waals surface area contributed by atoms with E-state index in [0.717, 1.165) is 19.3 Å². The highest BCUT2D eigenvalue weighted by Gasteiger charge is 2.22. The highest BCUT2D eigenvalue weighted by atomic mass is 32.2. The first-order chi connectivity index (χ1) is 14.0. The molecular weight excluding hydrogens is 398 g/mol. The molecular formula is C21H18F2N2O3S. The number of alkyl halides is 2. The van der Waals surface area contributed by atoms with E-state index in [1.54, 1.807) is 19.1 Å². The Bertz CT molecular complexity index is 1020. The number of thioether (sulfide) groups is 1. The molecule has 1 aliphatic carbocycles. The number of ketones is 1. The zero-order valence-corrected chi connectivity index (χ0v) is 16.4. The SMILES string of the molecule is CC(Sc1nnc(-c2ccc(OC(F)F)cc2)o1)C(=O)c1ccc2c(c1)CCC2. The molecule has 1 aromatic heterocycles. The molecule has 150 valence electrons. The summed E-state index contributed by atoms with van der Waals surface area (Å²) >= 11 is 1.19. The molecule has 29 heavy (non-hydrogen) atoms. The van der Waals surface area contributed by atoms with Gasteiger partial charge in [-0.3, -0.25) is 4.79 Å². The smallest absolute Gasteiger partial charge is 0.387 e. The summed E-state index contributed by atoms with van der Waals surface area (Å²) in [6.45, 7) is -1.07. The minimum absolute atomic E-state index is 0.0120. The molecule has 8 heteroatoms. The van der Waals surface area contributed by atoms with Gasteiger partial charge in [0.25, 0.3) is 5.22 Å². The van der Waals surface area contributed by atoms with Gasteiger partial charge in [0.2, 0.25) is 5.89 Å². The fourth-order valence-corrected chi connectivity index (χ4v) is 4.08. The summed E-state index contributed by atoms with van der Waals surface area (Å²) < 4.78 is 34.4. The molecule has 0 N–H and O–H groups in total. The van der Waals surface area contributed by atoms with Crippen LogP contribution in [0.1, 0.15) is 34.8 Å². The molecule has 1 unspecified atom stereocenters. The maximum atomic E-state index is 12.8. The molecule has 0 aliphatic heterocycles. The molecule has 0 saturated carbocycles. The first-order valence-electron chi connectivity index (χ1n) is 9.21. The van der Waals surface area contributed by atoms with E-state index in [4.69, 9.17) is 4.42 Å². The van der Waals surface area contributed by atoms with Crippen LogP contribution in [0.5, 0.6) is 5.75 Å². The number of ether oxygens (including phenoxy) is 1. The van der Waals surface area contributed by atoms with E-state index in [9.17, 15) is 13.6 Å². The Balaban J connectivity index is 1.42. The Morgan fingerprint density at radius 1 is 1.10 bits per heavy atom. The van der Waals surface area contributed by atoms with Crippen molar-refractivity contribution in [2.45, 2.75) is 43.3 Å². The summed E-state index contributed by atoms with van der Waals surface area (Å²) in [6, 6.07) is 11.8. The van der Waals surface area contributed by atoms with Crippen molar-refractivity contribution in [1.82, 2.24) is 10.2 Å². The summed E-state index contributed by atoms with van der Waals surface area (Å²) in [6.07, 6.45) is 3.23. The van der Waals surface area contributed by atoms with Crippen LogP contribution < -0.4 is 4.74 Å². The van der Waals surface area contributed by atoms with Crippen molar-refractivity contribution in [3.05, 3.63) is 59.2 Å². The first-order valence-corrected chi connectivity index (χ1v) is 10.1. The lowest BCUT2D eigenvalue weighted by atomic mass is 10.0. The van der Waals surface area contributed by atoms with Gasteiger partial charge >= 0.3 is 6.61 Å². The Kier molecular flexibility index (Phi) is 5.62. The van der Waals surface area contributed by atoms with Crippen molar-refractivity contribution in [2.75, 3.05) is 0 Å². The van der Waals surface area contributed by atoms with Crippen LogP contribution in [0.2, 0.25) is 0 Å². The van der Waals surface area contributed by atoms with Crippen molar-refractivity contribution >= 4 is 17.5 Å². The number of benzene rings is 2. The average Bonchev–Trinajstić information content (AvgIpc) is 3.36. The molecule has 0 spiro atoms. The molecule has 5 nitrogen and oxygen atoms in total. The van der Waals surface area contributed by atoms with Gasteiger partial charge in [0.15, 0.2) is 5.78 Å². The predicted octanol–water partition coefficient (Wildman–Crippen LogP) is 5.19. The normalized spacial score (nSPS) is 14.1. The van der Waals surface area contributed by atoms with E-state index in [1.165, 1.54) is 35.0 Å². The zero-order chi connectivity index (χ0) is 20.4. The number of carbonyl (C=O) groups is 1. The Morgan fingerprint density at radius 3 is 2.62 bits per heavy atom. The summed E-state index contributed by atoms with van der Waals surface area (Å²) in [5, 5.41) is 7.84. The summed E-state index contributed by atoms with van der Waals surface area (Å²) in [5.74, 6) is 0.303. The van der Waals surface area contributed by atoms with Crippen molar-refractivity contribution in [2.24, 2.45) is 0 Å². The number of hydrogen-bond acceptors (Lipinski definition) is 6. The van der Waals surface area contributed by atoms with E-state index in [1.807, 2.05) is 18.2 Å². The minimum Gasteiger partial charge on any atom is -0.435 e. The topological polar surface area (TPSA) is 65.2 Å². The van der Waals surface area contributed by atoms with E-state index in [0.29, 0.717) is 11.1 Å². The van der Waals surface area contributed by atoms with Crippen molar-refractivity contribution < 1.29 is 22.7 Å². The van der Waals surface area contributed by atoms with Crippen LogP contribution in [0.25, 0.3) is 11.5 Å². The lowest BCUT2D eigenvalue weighted by Gasteiger charge is -2.09. The molecule has 2 aromatic carbocycles. The highest BCUT2D eigenvalue weighted by Crippen LogP contribution is 2.30. The van der Waals surface area contributed by atoms with E-state index in [2.05, 4.69) is 14.9 Å². The van der Waals surface area contributed by atoms with E-state index in [-0.39, 0.29) is 27.9 Å². The number of fused-ring (bicyclic) bond motifs is 1. The molecule has 0 radical (unpaired) electrons. The van der Waals surface area contributed by atoms with Crippen LogP contribution >= 0.6 is 11.8 Å². The van der Waals surface area contributed by atoms with Gasteiger partial charge in [0, 0.05) is 11.1 Å². The third-order valence-electron chi connectivity index (χ3n) is 4.76. The van der Waals surface area contributed by atoms with E-state index >= 15 is 0 Å². The first kappa shape index (κ1) is 19.6. The second-order valence-electron chi connectivity index (χ2n) is 6.74. The molecule has 0 bridgehead atoms. The standard InChI is InChI=1S/C21H18F2N2O3S/c1-12(18(26)16-6-5-13-3-2-4-15(13)11-16)29-21-25-24-19(28-21)14-7-9-17(10-8-14)27-20(22)23/h5-12,20H,2-4H2,1H3. The Morgan fingerprint density at radius 2 is 1.86 bits per heavy atom. The number of halogens is 2. The molecule has 3 aromatic rings. The molecule has 1 heterocycles. The second-order valence-corrected chi connectivity index (χ2v) is 8.03. The van der Waals surface area contributed by atoms with Crippen molar-refractivity contribution in [3.8, 4) is 17.2 Å². The monoisotopic (exact) mass is 416 g/mol. The summed E-state index contributed by atoms with van der Waals surface area (Å²) in [5.41, 5.74) is 3.85. The molecule has 4 rings (SSSR count). The van der Waals surface area contributed by atoms with Gasteiger partial charge in [-0.2, -0.15) is 8.78 Å². The van der Waals surface area contributed by atoms with Crippen LogP contribution in [0.4, 0.5) is 8.78 Å². The van der Waals surface area contributed by atoms with Gasteiger partial charge in [-0.05, 0) is 67.6 Å². The van der Waals surface area contributed by atoms with Gasteiger partial charge in [-0.15, -0.1) is 10.2 Å². The zero-order valence-electron chi connectivity index (χ0n) is 15.6. The van der Waals surface area contributed by atoms with Crippen molar-refractivity contribution in [1.29, 1.82) is 0 Å². The van der Waals surface area contributed by atoms with E-state index < -0.39 is 6.61 Å².